The Hall–Kier alpha value is -2.98. The molecule has 2 N–H and O–H groups in total. The van der Waals surface area contributed by atoms with Crippen LogP contribution >= 0.6 is 0 Å². The second-order valence-corrected chi connectivity index (χ2v) is 15.4. The van der Waals surface area contributed by atoms with Gasteiger partial charge < -0.3 is 28.7 Å². The number of H-pyrrole nitrogens is 1. The van der Waals surface area contributed by atoms with Gasteiger partial charge in [0.25, 0.3) is 0 Å². The average molecular weight is 579 g/mol. The van der Waals surface area contributed by atoms with Gasteiger partial charge in [0, 0.05) is 27.6 Å². The van der Waals surface area contributed by atoms with Gasteiger partial charge in [-0.2, -0.15) is 0 Å². The number of aromatic carboxylic acids is 1. The molecule has 1 radical (unpaired) electrons. The predicted molar refractivity (Wildman–Crippen MR) is 158 cm³/mol. The van der Waals surface area contributed by atoms with Crippen LogP contribution in [0.2, 0.25) is 13.1 Å². The zero-order chi connectivity index (χ0) is 30.1. The van der Waals surface area contributed by atoms with E-state index in [1.165, 1.54) is 6.07 Å². The fourth-order valence-electron chi connectivity index (χ4n) is 6.05. The van der Waals surface area contributed by atoms with Crippen molar-refractivity contribution >= 4 is 31.7 Å². The molecule has 41 heavy (non-hydrogen) atoms. The van der Waals surface area contributed by atoms with E-state index in [9.17, 15) is 14.7 Å². The molecule has 1 saturated heterocycles. The SMILES string of the molecule is C[Si](C)OC([C@@H]1OC(C)(C)O[C@@H]1COc1ccc2c(c1)C(C)(C)c1[nH]c3cc(C(=O)O)ccc3c1C2=O)C(C)(C)C. The van der Waals surface area contributed by atoms with Gasteiger partial charge in [0.2, 0.25) is 9.04 Å². The molecule has 3 aromatic rings. The number of ketones is 1. The Kier molecular flexibility index (Phi) is 7.26. The Morgan fingerprint density at radius 1 is 1.10 bits per heavy atom. The lowest BCUT2D eigenvalue weighted by molar-refractivity contribution is -0.160. The number of fused-ring (bicyclic) bond motifs is 4. The molecule has 1 aliphatic carbocycles. The minimum absolute atomic E-state index is 0.0913. The number of carbonyl (C=O) groups is 2. The van der Waals surface area contributed by atoms with E-state index in [2.05, 4.69) is 52.7 Å². The van der Waals surface area contributed by atoms with Gasteiger partial charge >= 0.3 is 5.97 Å². The number of nitrogens with one attached hydrogen (secondary N) is 1. The van der Waals surface area contributed by atoms with Crippen LogP contribution in [0.1, 0.15) is 86.0 Å². The maximum atomic E-state index is 13.7. The third kappa shape index (κ3) is 5.36. The van der Waals surface area contributed by atoms with Crippen molar-refractivity contribution in [2.75, 3.05) is 6.61 Å². The molecule has 1 unspecified atom stereocenters. The normalized spacial score (nSPS) is 22.0. The van der Waals surface area contributed by atoms with Crippen molar-refractivity contribution in [1.82, 2.24) is 4.98 Å². The smallest absolute Gasteiger partial charge is 0.335 e. The van der Waals surface area contributed by atoms with Crippen molar-refractivity contribution in [3.05, 3.63) is 64.3 Å². The molecule has 0 spiro atoms. The van der Waals surface area contributed by atoms with Crippen LogP contribution in [0.3, 0.4) is 0 Å². The lowest BCUT2D eigenvalue weighted by Crippen LogP contribution is -2.48. The maximum Gasteiger partial charge on any atom is 0.335 e. The zero-order valence-corrected chi connectivity index (χ0v) is 26.3. The number of carboxylic acid groups (broad SMARTS) is 1. The van der Waals surface area contributed by atoms with Crippen molar-refractivity contribution < 1.29 is 33.3 Å². The van der Waals surface area contributed by atoms with Crippen LogP contribution in [-0.2, 0) is 19.3 Å². The summed E-state index contributed by atoms with van der Waals surface area (Å²) in [5.41, 5.74) is 2.90. The van der Waals surface area contributed by atoms with E-state index >= 15 is 0 Å². The third-order valence-corrected chi connectivity index (χ3v) is 8.68. The zero-order valence-electron chi connectivity index (χ0n) is 25.3. The van der Waals surface area contributed by atoms with Crippen LogP contribution in [0.25, 0.3) is 10.9 Å². The molecule has 219 valence electrons. The minimum Gasteiger partial charge on any atom is -0.491 e. The summed E-state index contributed by atoms with van der Waals surface area (Å²) in [5, 5.41) is 10.2. The third-order valence-electron chi connectivity index (χ3n) is 7.96. The number of hydrogen-bond donors (Lipinski definition) is 2. The number of benzene rings is 2. The van der Waals surface area contributed by atoms with E-state index in [0.29, 0.717) is 22.4 Å². The van der Waals surface area contributed by atoms with Crippen molar-refractivity contribution in [2.24, 2.45) is 5.41 Å². The molecule has 0 amide bonds. The van der Waals surface area contributed by atoms with Crippen LogP contribution < -0.4 is 4.74 Å². The summed E-state index contributed by atoms with van der Waals surface area (Å²) < 4.78 is 25.4. The first-order valence-corrected chi connectivity index (χ1v) is 16.4. The number of carboxylic acids is 1. The number of aromatic amines is 1. The van der Waals surface area contributed by atoms with E-state index in [1.807, 2.05) is 32.0 Å². The van der Waals surface area contributed by atoms with Gasteiger partial charge in [0.15, 0.2) is 11.6 Å². The molecule has 1 aliphatic heterocycles. The molecule has 8 nitrogen and oxygen atoms in total. The van der Waals surface area contributed by atoms with Crippen molar-refractivity contribution in [1.29, 1.82) is 0 Å². The Bertz CT molecular complexity index is 1510. The Morgan fingerprint density at radius 3 is 2.44 bits per heavy atom. The number of ether oxygens (including phenoxy) is 3. The summed E-state index contributed by atoms with van der Waals surface area (Å²) in [5.74, 6) is -1.24. The van der Waals surface area contributed by atoms with Gasteiger partial charge in [-0.25, -0.2) is 4.79 Å². The molecule has 3 atom stereocenters. The first-order chi connectivity index (χ1) is 19.0. The number of aromatic nitrogens is 1. The van der Waals surface area contributed by atoms with Crippen molar-refractivity contribution in [3.63, 3.8) is 0 Å². The van der Waals surface area contributed by atoms with Crippen LogP contribution in [0.15, 0.2) is 36.4 Å². The first-order valence-electron chi connectivity index (χ1n) is 14.0. The fraction of sp³-hybridized carbons (Fsp3) is 0.500. The van der Waals surface area contributed by atoms with Crippen LogP contribution in [0, 0.1) is 5.41 Å². The summed E-state index contributed by atoms with van der Waals surface area (Å²) in [4.78, 5) is 28.6. The molecular formula is C32H40NO7Si. The van der Waals surface area contributed by atoms with Gasteiger partial charge in [-0.1, -0.05) is 40.7 Å². The highest BCUT2D eigenvalue weighted by Crippen LogP contribution is 2.45. The quantitative estimate of drug-likeness (QED) is 0.316. The second kappa shape index (κ2) is 10.1. The number of carbonyl (C=O) groups excluding carboxylic acids is 1. The average Bonchev–Trinajstić information content (AvgIpc) is 3.41. The van der Waals surface area contributed by atoms with Crippen LogP contribution in [0.4, 0.5) is 0 Å². The largest absolute Gasteiger partial charge is 0.491 e. The van der Waals surface area contributed by atoms with E-state index in [4.69, 9.17) is 18.6 Å². The first kappa shape index (κ1) is 29.5. The lowest BCUT2D eigenvalue weighted by atomic mass is 9.71. The highest BCUT2D eigenvalue weighted by atomic mass is 28.3. The van der Waals surface area contributed by atoms with Crippen LogP contribution in [0.5, 0.6) is 5.75 Å². The van der Waals surface area contributed by atoms with Crippen molar-refractivity contribution in [2.45, 2.75) is 91.1 Å². The Balaban J connectivity index is 1.44. The molecule has 0 bridgehead atoms. The van der Waals surface area contributed by atoms with Gasteiger partial charge in [-0.15, -0.1) is 0 Å². The summed E-state index contributed by atoms with van der Waals surface area (Å²) in [6, 6.07) is 10.4. The summed E-state index contributed by atoms with van der Waals surface area (Å²) in [7, 11) is -0.988. The van der Waals surface area contributed by atoms with Gasteiger partial charge in [-0.05, 0) is 68.3 Å². The van der Waals surface area contributed by atoms with Crippen molar-refractivity contribution in [3.8, 4) is 5.75 Å². The monoisotopic (exact) mass is 578 g/mol. The van der Waals surface area contributed by atoms with E-state index in [1.54, 1.807) is 12.1 Å². The molecular weight excluding hydrogens is 538 g/mol. The number of hydrogen-bond acceptors (Lipinski definition) is 6. The Labute approximate surface area is 243 Å². The fourth-order valence-corrected chi connectivity index (χ4v) is 7.05. The molecule has 2 aliphatic rings. The number of rotatable bonds is 7. The summed E-state index contributed by atoms with van der Waals surface area (Å²) in [6.45, 7) is 18.9. The van der Waals surface area contributed by atoms with E-state index in [-0.39, 0.29) is 41.7 Å². The highest BCUT2D eigenvalue weighted by molar-refractivity contribution is 6.48. The molecule has 2 aromatic carbocycles. The van der Waals surface area contributed by atoms with E-state index in [0.717, 1.165) is 16.6 Å². The highest BCUT2D eigenvalue weighted by Gasteiger charge is 2.49. The summed E-state index contributed by atoms with van der Waals surface area (Å²) >= 11 is 0. The molecule has 0 saturated carbocycles. The lowest BCUT2D eigenvalue weighted by Gasteiger charge is -2.37. The standard InChI is InChI=1S/C32H40NO7Si/c1-30(2,3)28(40-41(8)9)26-23(38-32(6,7)39-26)16-37-18-11-13-19-21(15-18)31(4,5)27-24(25(19)34)20-12-10-17(29(35)36)14-22(20)33-27/h10-15,23,26,28,33H,16H2,1-9H3,(H,35,36)/t23-,26-,28?/m1/s1. The topological polar surface area (TPSA) is 107 Å². The molecule has 5 rings (SSSR count). The predicted octanol–water partition coefficient (Wildman–Crippen LogP) is 6.32. The maximum absolute atomic E-state index is 13.7. The second-order valence-electron chi connectivity index (χ2n) is 13.4. The van der Waals surface area contributed by atoms with Gasteiger partial charge in [0.05, 0.1) is 17.2 Å². The molecule has 1 fully saturated rings. The van der Waals surface area contributed by atoms with Gasteiger partial charge in [-0.3, -0.25) is 4.79 Å². The molecule has 2 heterocycles. The van der Waals surface area contributed by atoms with Gasteiger partial charge in [0.1, 0.15) is 24.6 Å². The van der Waals surface area contributed by atoms with Crippen LogP contribution in [-0.4, -0.2) is 61.6 Å². The van der Waals surface area contributed by atoms with E-state index < -0.39 is 26.2 Å². The molecule has 9 heteroatoms. The minimum atomic E-state index is -1.01. The Morgan fingerprint density at radius 2 is 1.80 bits per heavy atom. The summed E-state index contributed by atoms with van der Waals surface area (Å²) in [6.07, 6.45) is -0.806. The molecule has 1 aromatic heterocycles.